The lowest BCUT2D eigenvalue weighted by Gasteiger charge is -2.09. The summed E-state index contributed by atoms with van der Waals surface area (Å²) >= 11 is 0. The zero-order valence-electron chi connectivity index (χ0n) is 9.59. The Hall–Kier alpha value is -1.35. The number of carbonyl (C=O) groups excluding carboxylic acids is 1. The summed E-state index contributed by atoms with van der Waals surface area (Å²) in [5, 5.41) is 0. The van der Waals surface area contributed by atoms with Gasteiger partial charge in [-0.15, -0.1) is 0 Å². The van der Waals surface area contributed by atoms with Crippen LogP contribution in [0.25, 0.3) is 0 Å². The van der Waals surface area contributed by atoms with Gasteiger partial charge in [-0.1, -0.05) is 17.7 Å². The number of hydrogen-bond acceptors (Lipinski definition) is 3. The lowest BCUT2D eigenvalue weighted by molar-refractivity contribution is -0.236. The van der Waals surface area contributed by atoms with E-state index in [1.165, 1.54) is 0 Å². The van der Waals surface area contributed by atoms with E-state index in [0.29, 0.717) is 12.2 Å². The Morgan fingerprint density at radius 1 is 1.20 bits per heavy atom. The summed E-state index contributed by atoms with van der Waals surface area (Å²) in [5.41, 5.74) is 3.56. The fourth-order valence-corrected chi connectivity index (χ4v) is 1.66. The smallest absolute Gasteiger partial charge is 0.293 e. The monoisotopic (exact) mass is 208 g/mol. The van der Waals surface area contributed by atoms with E-state index in [2.05, 4.69) is 9.78 Å². The van der Waals surface area contributed by atoms with E-state index in [1.54, 1.807) is 6.92 Å². The molecule has 1 rings (SSSR count). The van der Waals surface area contributed by atoms with Gasteiger partial charge in [0, 0.05) is 0 Å². The zero-order valence-corrected chi connectivity index (χ0v) is 9.59. The number of carbonyl (C=O) groups is 1. The van der Waals surface area contributed by atoms with Crippen molar-refractivity contribution in [2.75, 3.05) is 6.61 Å². The molecule has 3 heteroatoms. The van der Waals surface area contributed by atoms with E-state index in [0.717, 1.165) is 16.7 Å². The molecule has 3 nitrogen and oxygen atoms in total. The molecule has 1 aromatic rings. The number of aryl methyl sites for hydroxylation is 3. The van der Waals surface area contributed by atoms with Crippen LogP contribution in [0.3, 0.4) is 0 Å². The van der Waals surface area contributed by atoms with E-state index >= 15 is 0 Å². The zero-order chi connectivity index (χ0) is 11.4. The molecule has 0 amide bonds. The van der Waals surface area contributed by atoms with E-state index < -0.39 is 5.97 Å². The summed E-state index contributed by atoms with van der Waals surface area (Å²) in [7, 11) is 0. The lowest BCUT2D eigenvalue weighted by Crippen LogP contribution is -2.10. The maximum Gasteiger partial charge on any atom is 0.373 e. The maximum absolute atomic E-state index is 11.6. The van der Waals surface area contributed by atoms with Crippen molar-refractivity contribution in [2.24, 2.45) is 0 Å². The molecule has 0 N–H and O–H groups in total. The lowest BCUT2D eigenvalue weighted by atomic mass is 10.0. The van der Waals surface area contributed by atoms with Gasteiger partial charge in [-0.3, -0.25) is 4.89 Å². The van der Waals surface area contributed by atoms with Gasteiger partial charge in [0.25, 0.3) is 0 Å². The van der Waals surface area contributed by atoms with Crippen LogP contribution in [0.4, 0.5) is 0 Å². The number of benzene rings is 1. The molecule has 0 radical (unpaired) electrons. The molecule has 0 aliphatic heterocycles. The first-order valence-electron chi connectivity index (χ1n) is 4.98. The molecule has 0 atom stereocenters. The Kier molecular flexibility index (Phi) is 3.86. The predicted molar refractivity (Wildman–Crippen MR) is 57.7 cm³/mol. The molecule has 0 aliphatic carbocycles. The highest BCUT2D eigenvalue weighted by atomic mass is 17.2. The van der Waals surface area contributed by atoms with Crippen molar-refractivity contribution in [2.45, 2.75) is 27.7 Å². The third kappa shape index (κ3) is 2.80. The van der Waals surface area contributed by atoms with Crippen LogP contribution in [-0.2, 0) is 9.78 Å². The Balaban J connectivity index is 2.98. The highest BCUT2D eigenvalue weighted by Gasteiger charge is 2.14. The van der Waals surface area contributed by atoms with Gasteiger partial charge in [0.2, 0.25) is 0 Å². The summed E-state index contributed by atoms with van der Waals surface area (Å²) in [6.45, 7) is 7.90. The van der Waals surface area contributed by atoms with Crippen molar-refractivity contribution in [3.05, 3.63) is 34.4 Å². The Labute approximate surface area is 89.9 Å². The molecular formula is C12H16O3. The van der Waals surface area contributed by atoms with E-state index in [9.17, 15) is 4.79 Å². The van der Waals surface area contributed by atoms with Crippen LogP contribution in [0.2, 0.25) is 0 Å². The second-order valence-corrected chi connectivity index (χ2v) is 3.55. The first kappa shape index (κ1) is 11.7. The molecule has 0 heterocycles. The van der Waals surface area contributed by atoms with Gasteiger partial charge >= 0.3 is 5.97 Å². The van der Waals surface area contributed by atoms with Gasteiger partial charge in [0.1, 0.15) is 0 Å². The second-order valence-electron chi connectivity index (χ2n) is 3.55. The fourth-order valence-electron chi connectivity index (χ4n) is 1.66. The normalized spacial score (nSPS) is 10.1. The first-order valence-corrected chi connectivity index (χ1v) is 4.98. The summed E-state index contributed by atoms with van der Waals surface area (Å²) < 4.78 is 0. The Morgan fingerprint density at radius 2 is 1.73 bits per heavy atom. The molecule has 82 valence electrons. The first-order chi connectivity index (χ1) is 7.06. The summed E-state index contributed by atoms with van der Waals surface area (Å²) in [4.78, 5) is 20.9. The van der Waals surface area contributed by atoms with Crippen molar-refractivity contribution in [3.63, 3.8) is 0 Å². The van der Waals surface area contributed by atoms with Gasteiger partial charge in [-0.25, -0.2) is 4.79 Å². The third-order valence-electron chi connectivity index (χ3n) is 2.13. The molecule has 0 aliphatic rings. The molecule has 1 aromatic carbocycles. The third-order valence-corrected chi connectivity index (χ3v) is 2.13. The molecule has 15 heavy (non-hydrogen) atoms. The van der Waals surface area contributed by atoms with Crippen molar-refractivity contribution in [3.8, 4) is 0 Å². The summed E-state index contributed by atoms with van der Waals surface area (Å²) in [6, 6.07) is 3.91. The fraction of sp³-hybridized carbons (Fsp3) is 0.417. The summed E-state index contributed by atoms with van der Waals surface area (Å²) in [6.07, 6.45) is 0. The number of rotatable bonds is 3. The van der Waals surface area contributed by atoms with Crippen LogP contribution >= 0.6 is 0 Å². The topological polar surface area (TPSA) is 35.5 Å². The van der Waals surface area contributed by atoms with Gasteiger partial charge in [0.05, 0.1) is 12.2 Å². The van der Waals surface area contributed by atoms with Crippen molar-refractivity contribution >= 4 is 5.97 Å². The maximum atomic E-state index is 11.6. The minimum atomic E-state index is -0.424. The molecule has 0 fully saturated rings. The Morgan fingerprint density at radius 3 is 2.20 bits per heavy atom. The van der Waals surface area contributed by atoms with Crippen LogP contribution in [-0.4, -0.2) is 12.6 Å². The molecule has 0 saturated carbocycles. The second kappa shape index (κ2) is 4.94. The summed E-state index contributed by atoms with van der Waals surface area (Å²) in [5.74, 6) is -0.424. The Bertz CT molecular complexity index is 346. The van der Waals surface area contributed by atoms with Gasteiger partial charge < -0.3 is 0 Å². The number of hydrogen-bond donors (Lipinski definition) is 0. The van der Waals surface area contributed by atoms with Gasteiger partial charge in [0.15, 0.2) is 0 Å². The largest absolute Gasteiger partial charge is 0.373 e. The van der Waals surface area contributed by atoms with Crippen LogP contribution in [0.15, 0.2) is 12.1 Å². The molecule has 0 spiro atoms. The van der Waals surface area contributed by atoms with E-state index in [1.807, 2.05) is 32.9 Å². The van der Waals surface area contributed by atoms with Crippen molar-refractivity contribution < 1.29 is 14.6 Å². The molecule has 0 aromatic heterocycles. The van der Waals surface area contributed by atoms with Gasteiger partial charge in [-0.05, 0) is 38.8 Å². The van der Waals surface area contributed by atoms with Crippen LogP contribution in [0, 0.1) is 20.8 Å². The van der Waals surface area contributed by atoms with E-state index in [-0.39, 0.29) is 0 Å². The predicted octanol–water partition coefficient (Wildman–Crippen LogP) is 2.72. The molecule has 0 unspecified atom stereocenters. The minimum Gasteiger partial charge on any atom is -0.293 e. The minimum absolute atomic E-state index is 0.357. The standard InChI is InChI=1S/C12H16O3/c1-5-14-15-12(13)11-9(3)6-8(2)7-10(11)4/h6-7H,5H2,1-4H3. The average molecular weight is 208 g/mol. The highest BCUT2D eigenvalue weighted by molar-refractivity contribution is 5.92. The molecule has 0 saturated heterocycles. The van der Waals surface area contributed by atoms with Crippen molar-refractivity contribution in [1.29, 1.82) is 0 Å². The van der Waals surface area contributed by atoms with E-state index in [4.69, 9.17) is 0 Å². The highest BCUT2D eigenvalue weighted by Crippen LogP contribution is 2.17. The molecular weight excluding hydrogens is 192 g/mol. The van der Waals surface area contributed by atoms with Crippen LogP contribution in [0.5, 0.6) is 0 Å². The van der Waals surface area contributed by atoms with Crippen LogP contribution < -0.4 is 0 Å². The van der Waals surface area contributed by atoms with Crippen LogP contribution in [0.1, 0.15) is 34.0 Å². The van der Waals surface area contributed by atoms with Gasteiger partial charge in [-0.2, -0.15) is 4.89 Å². The SMILES string of the molecule is CCOOC(=O)c1c(C)cc(C)cc1C. The van der Waals surface area contributed by atoms with Crippen molar-refractivity contribution in [1.82, 2.24) is 0 Å². The quantitative estimate of drug-likeness (QED) is 0.566. The average Bonchev–Trinajstić information content (AvgIpc) is 2.12. The molecule has 0 bridgehead atoms.